The second kappa shape index (κ2) is 7.64. The third kappa shape index (κ3) is 4.00. The van der Waals surface area contributed by atoms with Crippen molar-refractivity contribution >= 4 is 0 Å². The van der Waals surface area contributed by atoms with Crippen LogP contribution < -0.4 is 9.47 Å². The lowest BCUT2D eigenvalue weighted by Gasteiger charge is -2.37. The first-order valence-electron chi connectivity index (χ1n) is 9.21. The Labute approximate surface area is 154 Å². The molecule has 5 heteroatoms. The number of halogens is 1. The van der Waals surface area contributed by atoms with Crippen molar-refractivity contribution in [2.24, 2.45) is 0 Å². The number of hydrogen-bond donors (Lipinski definition) is 0. The van der Waals surface area contributed by atoms with Crippen LogP contribution in [0.4, 0.5) is 4.39 Å². The predicted octanol–water partition coefficient (Wildman–Crippen LogP) is 3.17. The van der Waals surface area contributed by atoms with E-state index >= 15 is 0 Å². The van der Waals surface area contributed by atoms with E-state index in [1.54, 1.807) is 13.2 Å². The lowest BCUT2D eigenvalue weighted by atomic mass is 10.1. The van der Waals surface area contributed by atoms with Gasteiger partial charge in [-0.05, 0) is 29.8 Å². The maximum Gasteiger partial charge on any atom is 0.126 e. The summed E-state index contributed by atoms with van der Waals surface area (Å²) in [5.74, 6) is 1.28. The van der Waals surface area contributed by atoms with Crippen LogP contribution in [0, 0.1) is 5.82 Å². The molecule has 2 saturated heterocycles. The summed E-state index contributed by atoms with van der Waals surface area (Å²) in [6.07, 6.45) is 1.14. The SMILES string of the molecule is COc1ccc(CN2CCN3C[C@H](Oc4cccc(F)c4)C[C@@H]3C2)cc1. The third-order valence-corrected chi connectivity index (χ3v) is 5.33. The van der Waals surface area contributed by atoms with Crippen LogP contribution in [0.25, 0.3) is 0 Å². The van der Waals surface area contributed by atoms with E-state index in [9.17, 15) is 4.39 Å². The molecule has 0 amide bonds. The number of rotatable bonds is 5. The molecule has 26 heavy (non-hydrogen) atoms. The smallest absolute Gasteiger partial charge is 0.126 e. The van der Waals surface area contributed by atoms with Crippen LogP contribution in [-0.4, -0.2) is 55.2 Å². The molecule has 0 N–H and O–H groups in total. The number of nitrogens with zero attached hydrogens (tertiary/aromatic N) is 2. The molecule has 138 valence electrons. The van der Waals surface area contributed by atoms with Crippen LogP contribution in [-0.2, 0) is 6.54 Å². The van der Waals surface area contributed by atoms with Crippen molar-refractivity contribution in [2.45, 2.75) is 25.1 Å². The summed E-state index contributed by atoms with van der Waals surface area (Å²) < 4.78 is 24.6. The van der Waals surface area contributed by atoms with Gasteiger partial charge in [0, 0.05) is 51.3 Å². The Morgan fingerprint density at radius 3 is 2.65 bits per heavy atom. The number of fused-ring (bicyclic) bond motifs is 1. The van der Waals surface area contributed by atoms with Crippen molar-refractivity contribution in [3.05, 3.63) is 59.9 Å². The van der Waals surface area contributed by atoms with Crippen LogP contribution in [0.2, 0.25) is 0 Å². The average Bonchev–Trinajstić information content (AvgIpc) is 3.04. The lowest BCUT2D eigenvalue weighted by Crippen LogP contribution is -2.49. The van der Waals surface area contributed by atoms with E-state index in [0.717, 1.165) is 44.9 Å². The van der Waals surface area contributed by atoms with Gasteiger partial charge in [-0.2, -0.15) is 0 Å². The van der Waals surface area contributed by atoms with Gasteiger partial charge in [0.05, 0.1) is 7.11 Å². The summed E-state index contributed by atoms with van der Waals surface area (Å²) in [7, 11) is 1.69. The lowest BCUT2D eigenvalue weighted by molar-refractivity contribution is 0.0978. The first-order valence-corrected chi connectivity index (χ1v) is 9.21. The molecule has 4 rings (SSSR count). The molecule has 0 radical (unpaired) electrons. The summed E-state index contributed by atoms with van der Waals surface area (Å²) in [6, 6.07) is 15.3. The second-order valence-electron chi connectivity index (χ2n) is 7.16. The van der Waals surface area contributed by atoms with E-state index in [4.69, 9.17) is 9.47 Å². The Hall–Kier alpha value is -2.11. The maximum absolute atomic E-state index is 13.3. The summed E-state index contributed by atoms with van der Waals surface area (Å²) in [6.45, 7) is 5.06. The molecule has 2 aromatic carbocycles. The fourth-order valence-electron chi connectivity index (χ4n) is 4.01. The van der Waals surface area contributed by atoms with E-state index in [2.05, 4.69) is 21.9 Å². The van der Waals surface area contributed by atoms with Gasteiger partial charge in [0.1, 0.15) is 23.4 Å². The van der Waals surface area contributed by atoms with Gasteiger partial charge < -0.3 is 9.47 Å². The molecular formula is C21H25FN2O2. The summed E-state index contributed by atoms with van der Waals surface area (Å²) in [5, 5.41) is 0. The first-order chi connectivity index (χ1) is 12.7. The van der Waals surface area contributed by atoms with E-state index in [-0.39, 0.29) is 11.9 Å². The van der Waals surface area contributed by atoms with Crippen molar-refractivity contribution in [3.8, 4) is 11.5 Å². The molecule has 2 fully saturated rings. The molecule has 2 heterocycles. The molecular weight excluding hydrogens is 331 g/mol. The molecule has 0 unspecified atom stereocenters. The fraction of sp³-hybridized carbons (Fsp3) is 0.429. The molecule has 2 aliphatic heterocycles. The van der Waals surface area contributed by atoms with Gasteiger partial charge in [-0.25, -0.2) is 4.39 Å². The average molecular weight is 356 g/mol. The minimum Gasteiger partial charge on any atom is -0.497 e. The van der Waals surface area contributed by atoms with Crippen LogP contribution in [0.15, 0.2) is 48.5 Å². The van der Waals surface area contributed by atoms with Crippen molar-refractivity contribution in [1.82, 2.24) is 9.80 Å². The van der Waals surface area contributed by atoms with Gasteiger partial charge in [0.15, 0.2) is 0 Å². The number of benzene rings is 2. The zero-order chi connectivity index (χ0) is 17.9. The van der Waals surface area contributed by atoms with Gasteiger partial charge in [0.2, 0.25) is 0 Å². The van der Waals surface area contributed by atoms with E-state index in [1.807, 2.05) is 18.2 Å². The molecule has 2 aliphatic rings. The Bertz CT molecular complexity index is 737. The molecule has 2 atom stereocenters. The molecule has 2 aromatic rings. The molecule has 0 aliphatic carbocycles. The van der Waals surface area contributed by atoms with Gasteiger partial charge in [0.25, 0.3) is 0 Å². The van der Waals surface area contributed by atoms with Crippen LogP contribution in [0.1, 0.15) is 12.0 Å². The quantitative estimate of drug-likeness (QED) is 0.822. The largest absolute Gasteiger partial charge is 0.497 e. The highest BCUT2D eigenvalue weighted by Gasteiger charge is 2.37. The van der Waals surface area contributed by atoms with Crippen LogP contribution in [0.5, 0.6) is 11.5 Å². The first kappa shape index (κ1) is 17.3. The van der Waals surface area contributed by atoms with Crippen molar-refractivity contribution in [2.75, 3.05) is 33.3 Å². The van der Waals surface area contributed by atoms with Crippen molar-refractivity contribution < 1.29 is 13.9 Å². The fourth-order valence-corrected chi connectivity index (χ4v) is 4.01. The monoisotopic (exact) mass is 356 g/mol. The van der Waals surface area contributed by atoms with Gasteiger partial charge >= 0.3 is 0 Å². The van der Waals surface area contributed by atoms with Gasteiger partial charge in [-0.3, -0.25) is 9.80 Å². The highest BCUT2D eigenvalue weighted by Crippen LogP contribution is 2.27. The number of piperazine rings is 1. The summed E-state index contributed by atoms with van der Waals surface area (Å²) in [4.78, 5) is 5.02. The Morgan fingerprint density at radius 2 is 1.88 bits per heavy atom. The molecule has 0 bridgehead atoms. The predicted molar refractivity (Wildman–Crippen MR) is 99.1 cm³/mol. The summed E-state index contributed by atoms with van der Waals surface area (Å²) >= 11 is 0. The van der Waals surface area contributed by atoms with Crippen molar-refractivity contribution in [3.63, 3.8) is 0 Å². The van der Waals surface area contributed by atoms with Crippen molar-refractivity contribution in [1.29, 1.82) is 0 Å². The zero-order valence-electron chi connectivity index (χ0n) is 15.1. The Balaban J connectivity index is 1.32. The zero-order valence-corrected chi connectivity index (χ0v) is 15.1. The van der Waals surface area contributed by atoms with Crippen LogP contribution >= 0.6 is 0 Å². The molecule has 0 spiro atoms. The second-order valence-corrected chi connectivity index (χ2v) is 7.16. The van der Waals surface area contributed by atoms with E-state index in [1.165, 1.54) is 17.7 Å². The Morgan fingerprint density at radius 1 is 1.04 bits per heavy atom. The standard InChI is InChI=1S/C21H25FN2O2/c1-25-19-7-5-16(6-8-19)13-23-9-10-24-15-21(12-18(24)14-23)26-20-4-2-3-17(22)11-20/h2-8,11,18,21H,9-10,12-15H2,1H3/t18-,21-/m1/s1. The molecule has 0 saturated carbocycles. The number of methoxy groups -OCH3 is 1. The normalized spacial score (nSPS) is 23.6. The Kier molecular flexibility index (Phi) is 5.09. The maximum atomic E-state index is 13.3. The number of ether oxygens (including phenoxy) is 2. The third-order valence-electron chi connectivity index (χ3n) is 5.33. The topological polar surface area (TPSA) is 24.9 Å². The number of hydrogen-bond acceptors (Lipinski definition) is 4. The van der Waals surface area contributed by atoms with Gasteiger partial charge in [-0.1, -0.05) is 18.2 Å². The van der Waals surface area contributed by atoms with E-state index < -0.39 is 0 Å². The minimum atomic E-state index is -0.246. The highest BCUT2D eigenvalue weighted by molar-refractivity contribution is 5.27. The van der Waals surface area contributed by atoms with E-state index in [0.29, 0.717) is 11.8 Å². The van der Waals surface area contributed by atoms with Gasteiger partial charge in [-0.15, -0.1) is 0 Å². The molecule has 0 aromatic heterocycles. The minimum absolute atomic E-state index is 0.141. The molecule has 4 nitrogen and oxygen atoms in total. The highest BCUT2D eigenvalue weighted by atomic mass is 19.1. The summed E-state index contributed by atoms with van der Waals surface area (Å²) in [5.41, 5.74) is 1.31. The van der Waals surface area contributed by atoms with Crippen LogP contribution in [0.3, 0.4) is 0 Å².